The average molecular weight is 462 g/mol. The van der Waals surface area contributed by atoms with E-state index in [-0.39, 0.29) is 33.9 Å². The highest BCUT2D eigenvalue weighted by molar-refractivity contribution is 8.18. The van der Waals surface area contributed by atoms with Crippen LogP contribution in [-0.4, -0.2) is 54.4 Å². The molecule has 1 saturated heterocycles. The van der Waals surface area contributed by atoms with Crippen molar-refractivity contribution in [2.45, 2.75) is 19.9 Å². The van der Waals surface area contributed by atoms with Crippen molar-refractivity contribution in [2.24, 2.45) is 0 Å². The van der Waals surface area contributed by atoms with Crippen LogP contribution in [0.3, 0.4) is 0 Å². The molecule has 0 aromatic heterocycles. The number of imide groups is 1. The van der Waals surface area contributed by atoms with E-state index >= 15 is 0 Å². The summed E-state index contributed by atoms with van der Waals surface area (Å²) in [5, 5.41) is -0.379. The molecule has 0 bridgehead atoms. The minimum Gasteiger partial charge on any atom is -0.479 e. The molecule has 2 amide bonds. The zero-order chi connectivity index (χ0) is 21.7. The van der Waals surface area contributed by atoms with Gasteiger partial charge in [-0.15, -0.1) is 0 Å². The molecule has 1 fully saturated rings. The normalized spacial score (nSPS) is 16.2. The molecule has 0 saturated carbocycles. The standard InChI is InChI=1S/C18H17Cl2NO7S/c1-4-27-17(24)9(2)21-16(23)13(29-18(21)25)7-10-5-11(19)15(12(20)6-10)28-8-14(22)26-3/h5-7,9H,4,8H2,1-3H3/b13-7+/t9-/m0/s1. The quantitative estimate of drug-likeness (QED) is 0.448. The van der Waals surface area contributed by atoms with E-state index in [9.17, 15) is 19.2 Å². The SMILES string of the molecule is CCOC(=O)[C@H](C)N1C(=O)S/C(=C/c2cc(Cl)c(OCC(=O)OC)c(Cl)c2)C1=O. The van der Waals surface area contributed by atoms with Crippen molar-refractivity contribution in [3.05, 3.63) is 32.6 Å². The predicted molar refractivity (Wildman–Crippen MR) is 108 cm³/mol. The summed E-state index contributed by atoms with van der Waals surface area (Å²) in [5.74, 6) is -1.82. The Morgan fingerprint density at radius 2 is 1.86 bits per heavy atom. The molecule has 1 aromatic rings. The van der Waals surface area contributed by atoms with Gasteiger partial charge in [-0.3, -0.25) is 14.5 Å². The first-order valence-corrected chi connectivity index (χ1v) is 9.89. The van der Waals surface area contributed by atoms with Crippen LogP contribution in [0, 0.1) is 0 Å². The van der Waals surface area contributed by atoms with Crippen molar-refractivity contribution >= 4 is 64.1 Å². The lowest BCUT2D eigenvalue weighted by Crippen LogP contribution is -2.42. The van der Waals surface area contributed by atoms with Crippen LogP contribution >= 0.6 is 35.0 Å². The fourth-order valence-corrected chi connectivity index (χ4v) is 3.85. The summed E-state index contributed by atoms with van der Waals surface area (Å²) in [6, 6.07) is 1.88. The largest absolute Gasteiger partial charge is 0.479 e. The molecule has 0 aliphatic carbocycles. The smallest absolute Gasteiger partial charge is 0.343 e. The summed E-state index contributed by atoms with van der Waals surface area (Å²) < 4.78 is 14.6. The van der Waals surface area contributed by atoms with E-state index in [0.29, 0.717) is 17.3 Å². The Balaban J connectivity index is 2.24. The molecule has 8 nitrogen and oxygen atoms in total. The number of halogens is 2. The summed E-state index contributed by atoms with van der Waals surface area (Å²) in [4.78, 5) is 48.8. The van der Waals surface area contributed by atoms with Gasteiger partial charge in [0.25, 0.3) is 11.1 Å². The number of benzene rings is 1. The predicted octanol–water partition coefficient (Wildman–Crippen LogP) is 3.53. The first kappa shape index (κ1) is 23.1. The maximum atomic E-state index is 12.6. The molecule has 29 heavy (non-hydrogen) atoms. The molecule has 1 aliphatic rings. The van der Waals surface area contributed by atoms with Crippen molar-refractivity contribution in [1.29, 1.82) is 0 Å². The Labute approximate surface area is 181 Å². The van der Waals surface area contributed by atoms with Gasteiger partial charge in [-0.25, -0.2) is 9.59 Å². The van der Waals surface area contributed by atoms with Crippen molar-refractivity contribution in [1.82, 2.24) is 4.90 Å². The van der Waals surface area contributed by atoms with E-state index in [1.165, 1.54) is 32.2 Å². The Bertz CT molecular complexity index is 864. The van der Waals surface area contributed by atoms with Gasteiger partial charge in [0.2, 0.25) is 0 Å². The van der Waals surface area contributed by atoms with Gasteiger partial charge in [0, 0.05) is 0 Å². The van der Waals surface area contributed by atoms with Gasteiger partial charge in [-0.1, -0.05) is 23.2 Å². The van der Waals surface area contributed by atoms with E-state index in [1.807, 2.05) is 0 Å². The summed E-state index contributed by atoms with van der Waals surface area (Å²) in [7, 11) is 1.22. The van der Waals surface area contributed by atoms with E-state index in [2.05, 4.69) is 4.74 Å². The third kappa shape index (κ3) is 5.43. The third-order valence-corrected chi connectivity index (χ3v) is 5.16. The van der Waals surface area contributed by atoms with Crippen LogP contribution in [0.25, 0.3) is 6.08 Å². The highest BCUT2D eigenvalue weighted by atomic mass is 35.5. The molecule has 2 rings (SSSR count). The van der Waals surface area contributed by atoms with Gasteiger partial charge in [0.05, 0.1) is 28.7 Å². The summed E-state index contributed by atoms with van der Waals surface area (Å²) in [6.07, 6.45) is 1.42. The number of methoxy groups -OCH3 is 1. The molecule has 0 radical (unpaired) electrons. The number of amides is 2. The van der Waals surface area contributed by atoms with Gasteiger partial charge in [0.15, 0.2) is 12.4 Å². The van der Waals surface area contributed by atoms with Crippen LogP contribution in [0.2, 0.25) is 10.0 Å². The first-order valence-electron chi connectivity index (χ1n) is 8.31. The minimum absolute atomic E-state index is 0.0833. The Hall–Kier alpha value is -2.23. The second-order valence-electron chi connectivity index (χ2n) is 5.66. The summed E-state index contributed by atoms with van der Waals surface area (Å²) in [6.45, 7) is 2.80. The molecule has 11 heteroatoms. The van der Waals surface area contributed by atoms with Crippen molar-refractivity contribution in [2.75, 3.05) is 20.3 Å². The van der Waals surface area contributed by atoms with Gasteiger partial charge < -0.3 is 14.2 Å². The molecule has 1 heterocycles. The second-order valence-corrected chi connectivity index (χ2v) is 7.47. The second kappa shape index (κ2) is 10.00. The van der Waals surface area contributed by atoms with Crippen LogP contribution in [0.5, 0.6) is 5.75 Å². The number of carbonyl (C=O) groups is 4. The van der Waals surface area contributed by atoms with Gasteiger partial charge in [0.1, 0.15) is 6.04 Å². The third-order valence-electron chi connectivity index (χ3n) is 3.72. The lowest BCUT2D eigenvalue weighted by atomic mass is 10.2. The highest BCUT2D eigenvalue weighted by Crippen LogP contribution is 2.38. The highest BCUT2D eigenvalue weighted by Gasteiger charge is 2.41. The number of esters is 2. The molecular weight excluding hydrogens is 445 g/mol. The van der Waals surface area contributed by atoms with E-state index in [0.717, 1.165) is 4.90 Å². The maximum Gasteiger partial charge on any atom is 0.343 e. The average Bonchev–Trinajstić information content (AvgIpc) is 2.93. The number of carbonyl (C=O) groups excluding carboxylic acids is 4. The molecule has 0 N–H and O–H groups in total. The van der Waals surface area contributed by atoms with Crippen molar-refractivity contribution < 1.29 is 33.4 Å². The number of hydrogen-bond donors (Lipinski definition) is 0. The molecule has 1 atom stereocenters. The number of hydrogen-bond acceptors (Lipinski definition) is 8. The summed E-state index contributed by atoms with van der Waals surface area (Å²) in [5.41, 5.74) is 0.430. The van der Waals surface area contributed by atoms with Crippen LogP contribution in [0.4, 0.5) is 4.79 Å². The van der Waals surface area contributed by atoms with Gasteiger partial charge >= 0.3 is 11.9 Å². The van der Waals surface area contributed by atoms with Gasteiger partial charge in [-0.2, -0.15) is 0 Å². The monoisotopic (exact) mass is 461 g/mol. The van der Waals surface area contributed by atoms with Crippen molar-refractivity contribution in [3.8, 4) is 5.75 Å². The minimum atomic E-state index is -1.05. The molecule has 1 aliphatic heterocycles. The molecule has 0 unspecified atom stereocenters. The first-order chi connectivity index (χ1) is 13.7. The van der Waals surface area contributed by atoms with Gasteiger partial charge in [-0.05, 0) is 49.4 Å². The topological polar surface area (TPSA) is 99.2 Å². The molecule has 0 spiro atoms. The number of thioether (sulfide) groups is 1. The Kier molecular flexibility index (Phi) is 7.95. The molecular formula is C18H17Cl2NO7S. The zero-order valence-corrected chi connectivity index (χ0v) is 18.0. The Morgan fingerprint density at radius 1 is 1.24 bits per heavy atom. The zero-order valence-electron chi connectivity index (χ0n) is 15.7. The summed E-state index contributed by atoms with van der Waals surface area (Å²) >= 11 is 13.0. The maximum absolute atomic E-state index is 12.6. The van der Waals surface area contributed by atoms with Crippen LogP contribution < -0.4 is 4.74 Å². The molecule has 1 aromatic carbocycles. The fourth-order valence-electron chi connectivity index (χ4n) is 2.32. The lowest BCUT2D eigenvalue weighted by Gasteiger charge is -2.19. The van der Waals surface area contributed by atoms with Crippen LogP contribution in [-0.2, 0) is 23.9 Å². The van der Waals surface area contributed by atoms with E-state index in [1.54, 1.807) is 6.92 Å². The number of rotatable bonds is 7. The van der Waals surface area contributed by atoms with Crippen LogP contribution in [0.1, 0.15) is 19.4 Å². The van der Waals surface area contributed by atoms with E-state index < -0.39 is 29.1 Å². The lowest BCUT2D eigenvalue weighted by molar-refractivity contribution is -0.150. The van der Waals surface area contributed by atoms with Crippen LogP contribution in [0.15, 0.2) is 17.0 Å². The Morgan fingerprint density at radius 3 is 2.41 bits per heavy atom. The van der Waals surface area contributed by atoms with Crippen molar-refractivity contribution in [3.63, 3.8) is 0 Å². The molecule has 156 valence electrons. The number of nitrogens with zero attached hydrogens (tertiary/aromatic N) is 1. The van der Waals surface area contributed by atoms with E-state index in [4.69, 9.17) is 32.7 Å². The fraction of sp³-hybridized carbons (Fsp3) is 0.333. The number of ether oxygens (including phenoxy) is 3.